The Labute approximate surface area is 133 Å². The summed E-state index contributed by atoms with van der Waals surface area (Å²) in [4.78, 5) is 0. The predicted octanol–water partition coefficient (Wildman–Crippen LogP) is 3.56. The zero-order chi connectivity index (χ0) is 18.0. The average molecular weight is 480 g/mol. The summed E-state index contributed by atoms with van der Waals surface area (Å²) >= 11 is 0.386. The lowest BCUT2D eigenvalue weighted by atomic mass is 10.2. The molecule has 0 spiro atoms. The molecule has 0 radical (unpaired) electrons. The average Bonchev–Trinajstić information content (AvgIpc) is 2.07. The Morgan fingerprint density at radius 1 is 0.864 bits per heavy atom. The molecule has 0 saturated heterocycles. The van der Waals surface area contributed by atoms with Gasteiger partial charge in [-0.25, -0.2) is 17.6 Å². The number of hydrogen-bond acceptors (Lipinski definition) is 3. The molecule has 0 saturated carbocycles. The molecule has 1 N–H and O–H groups in total. The van der Waals surface area contributed by atoms with Gasteiger partial charge >= 0.3 is 19.3 Å². The fourth-order valence-corrected chi connectivity index (χ4v) is 2.09. The lowest BCUT2D eigenvalue weighted by Gasteiger charge is -2.23. The molecule has 0 bridgehead atoms. The van der Waals surface area contributed by atoms with Crippen molar-refractivity contribution in [3.05, 3.63) is 0 Å². The Balaban J connectivity index is 4.58. The fraction of sp³-hybridized carbons (Fsp3) is 1.00. The lowest BCUT2D eigenvalue weighted by molar-refractivity contribution is -0.158. The van der Waals surface area contributed by atoms with Gasteiger partial charge in [0.2, 0.25) is 0 Å². The minimum Gasteiger partial charge on any atom is -0.369 e. The summed E-state index contributed by atoms with van der Waals surface area (Å²) in [6, 6.07) is 0. The molecule has 0 rings (SSSR count). The SMILES string of the molecule is O=S(=O)(O)C(F)(F)CC(F)(F)COCC(F)(F)CC(F)(F)I. The van der Waals surface area contributed by atoms with E-state index in [4.69, 9.17) is 4.55 Å². The van der Waals surface area contributed by atoms with Crippen molar-refractivity contribution in [2.24, 2.45) is 0 Å². The number of ether oxygens (including phenoxy) is 1. The number of halogens is 9. The topological polar surface area (TPSA) is 63.6 Å². The predicted molar refractivity (Wildman–Crippen MR) is 65.4 cm³/mol. The monoisotopic (exact) mass is 480 g/mol. The van der Waals surface area contributed by atoms with Crippen molar-refractivity contribution in [3.8, 4) is 0 Å². The zero-order valence-electron chi connectivity index (χ0n) is 10.3. The molecule has 0 aliphatic rings. The van der Waals surface area contributed by atoms with Crippen molar-refractivity contribution in [1.82, 2.24) is 0 Å². The zero-order valence-corrected chi connectivity index (χ0v) is 13.3. The van der Waals surface area contributed by atoms with E-state index in [2.05, 4.69) is 4.74 Å². The van der Waals surface area contributed by atoms with Crippen LogP contribution in [0, 0.1) is 0 Å². The highest BCUT2D eigenvalue weighted by atomic mass is 127. The van der Waals surface area contributed by atoms with Crippen molar-refractivity contribution < 1.29 is 52.8 Å². The Bertz CT molecular complexity index is 475. The minimum atomic E-state index is -6.13. The third-order valence-electron chi connectivity index (χ3n) is 1.93. The van der Waals surface area contributed by atoms with Crippen LogP contribution in [0.5, 0.6) is 0 Å². The maximum Gasteiger partial charge on any atom is 0.375 e. The molecule has 0 aliphatic carbocycles. The van der Waals surface area contributed by atoms with E-state index in [1.807, 2.05) is 0 Å². The Morgan fingerprint density at radius 2 is 1.23 bits per heavy atom. The molecule has 0 amide bonds. The number of rotatable bonds is 9. The van der Waals surface area contributed by atoms with E-state index in [0.29, 0.717) is 22.6 Å². The van der Waals surface area contributed by atoms with Crippen molar-refractivity contribution in [1.29, 1.82) is 0 Å². The molecule has 0 unspecified atom stereocenters. The van der Waals surface area contributed by atoms with Crippen LogP contribution in [0.1, 0.15) is 12.8 Å². The van der Waals surface area contributed by atoms with E-state index in [9.17, 15) is 43.5 Å². The summed E-state index contributed by atoms with van der Waals surface area (Å²) in [5.74, 6) is -8.80. The van der Waals surface area contributed by atoms with Crippen LogP contribution in [-0.4, -0.2) is 47.2 Å². The standard InChI is InChI=1S/C8H9F8IO4S/c9-5(10,1-7(13,14)17)3-21-4-6(11,12)2-8(15,16)22(18,19)20/h1-4H2,(H,18,19,20). The quantitative estimate of drug-likeness (QED) is 0.238. The molecule has 134 valence electrons. The van der Waals surface area contributed by atoms with Crippen LogP contribution in [-0.2, 0) is 14.9 Å². The van der Waals surface area contributed by atoms with Crippen LogP contribution in [0.2, 0.25) is 0 Å². The third-order valence-corrected chi connectivity index (χ3v) is 3.21. The van der Waals surface area contributed by atoms with Crippen LogP contribution in [0.15, 0.2) is 0 Å². The fourth-order valence-electron chi connectivity index (χ4n) is 1.14. The molecular weight excluding hydrogens is 471 g/mol. The van der Waals surface area contributed by atoms with Gasteiger partial charge in [0.25, 0.3) is 11.8 Å². The van der Waals surface area contributed by atoms with Crippen LogP contribution >= 0.6 is 22.6 Å². The van der Waals surface area contributed by atoms with Gasteiger partial charge in [-0.15, -0.1) is 0 Å². The molecule has 0 atom stereocenters. The second-order valence-electron chi connectivity index (χ2n) is 4.29. The van der Waals surface area contributed by atoms with E-state index in [0.717, 1.165) is 0 Å². The van der Waals surface area contributed by atoms with E-state index in [1.165, 1.54) is 0 Å². The first-order valence-corrected chi connectivity index (χ1v) is 7.64. The number of alkyl halides is 9. The highest BCUT2D eigenvalue weighted by molar-refractivity contribution is 14.1. The largest absolute Gasteiger partial charge is 0.375 e. The van der Waals surface area contributed by atoms with Gasteiger partial charge < -0.3 is 4.74 Å². The van der Waals surface area contributed by atoms with Gasteiger partial charge in [-0.2, -0.15) is 26.0 Å². The van der Waals surface area contributed by atoms with Gasteiger partial charge in [0.15, 0.2) is 0 Å². The lowest BCUT2D eigenvalue weighted by Crippen LogP contribution is -2.39. The van der Waals surface area contributed by atoms with E-state index in [-0.39, 0.29) is 0 Å². The molecule has 0 aromatic carbocycles. The molecule has 0 aliphatic heterocycles. The molecule has 0 heterocycles. The van der Waals surface area contributed by atoms with Crippen LogP contribution in [0.25, 0.3) is 0 Å². The van der Waals surface area contributed by atoms with Crippen LogP contribution in [0.4, 0.5) is 35.1 Å². The first kappa shape index (κ1) is 22.0. The molecule has 0 aromatic rings. The first-order valence-electron chi connectivity index (χ1n) is 5.12. The smallest absolute Gasteiger partial charge is 0.369 e. The molecule has 14 heteroatoms. The summed E-state index contributed by atoms with van der Waals surface area (Å²) < 4.78 is 130. The van der Waals surface area contributed by atoms with Gasteiger partial charge in [0.05, 0.1) is 12.8 Å². The number of hydrogen-bond donors (Lipinski definition) is 1. The second kappa shape index (κ2) is 6.88. The van der Waals surface area contributed by atoms with Crippen LogP contribution in [0.3, 0.4) is 0 Å². The van der Waals surface area contributed by atoms with E-state index < -0.39 is 57.2 Å². The van der Waals surface area contributed by atoms with Crippen molar-refractivity contribution in [2.45, 2.75) is 33.9 Å². The molecular formula is C8H9F8IO4S. The van der Waals surface area contributed by atoms with E-state index in [1.54, 1.807) is 0 Å². The van der Waals surface area contributed by atoms with Gasteiger partial charge in [-0.1, -0.05) is 0 Å². The van der Waals surface area contributed by atoms with Gasteiger partial charge in [0.1, 0.15) is 13.2 Å². The second-order valence-corrected chi connectivity index (χ2v) is 7.41. The third kappa shape index (κ3) is 8.61. The van der Waals surface area contributed by atoms with Gasteiger partial charge in [-0.05, 0) is 22.6 Å². The van der Waals surface area contributed by atoms with E-state index >= 15 is 0 Å². The Hall–Kier alpha value is 0.0400. The first-order chi connectivity index (χ1) is 9.37. The molecule has 0 fully saturated rings. The van der Waals surface area contributed by atoms with Crippen molar-refractivity contribution in [3.63, 3.8) is 0 Å². The maximum atomic E-state index is 13.0. The summed E-state index contributed by atoms with van der Waals surface area (Å²) in [7, 11) is -6.13. The van der Waals surface area contributed by atoms with Gasteiger partial charge in [0, 0.05) is 0 Å². The highest BCUT2D eigenvalue weighted by Gasteiger charge is 2.52. The van der Waals surface area contributed by atoms with Crippen molar-refractivity contribution >= 4 is 32.7 Å². The van der Waals surface area contributed by atoms with Gasteiger partial charge in [-0.3, -0.25) is 4.55 Å². The summed E-state index contributed by atoms with van der Waals surface area (Å²) in [5.41, 5.74) is 0. The van der Waals surface area contributed by atoms with Crippen LogP contribution < -0.4 is 0 Å². The minimum absolute atomic E-state index is 0.386. The molecule has 22 heavy (non-hydrogen) atoms. The summed E-state index contributed by atoms with van der Waals surface area (Å²) in [6.07, 6.45) is -4.74. The Morgan fingerprint density at radius 3 is 1.55 bits per heavy atom. The Kier molecular flexibility index (Phi) is 6.89. The molecule has 4 nitrogen and oxygen atoms in total. The normalized spacial score (nSPS) is 15.2. The maximum absolute atomic E-state index is 13.0. The molecule has 0 aromatic heterocycles. The van der Waals surface area contributed by atoms with Crippen molar-refractivity contribution in [2.75, 3.05) is 13.2 Å². The highest BCUT2D eigenvalue weighted by Crippen LogP contribution is 2.37. The summed E-state index contributed by atoms with van der Waals surface area (Å²) in [6.45, 7) is -3.97. The summed E-state index contributed by atoms with van der Waals surface area (Å²) in [5, 5.41) is -5.22.